The molecule has 2 aliphatic rings. The van der Waals surface area contributed by atoms with E-state index in [-0.39, 0.29) is 24.5 Å². The van der Waals surface area contributed by atoms with E-state index in [2.05, 4.69) is 0 Å². The van der Waals surface area contributed by atoms with Gasteiger partial charge in [0.05, 0.1) is 17.2 Å². The number of thioether (sulfide) groups is 1. The summed E-state index contributed by atoms with van der Waals surface area (Å²) in [6.07, 6.45) is -5.49. The highest BCUT2D eigenvalue weighted by molar-refractivity contribution is 8.14. The highest BCUT2D eigenvalue weighted by atomic mass is 35.5. The van der Waals surface area contributed by atoms with Crippen LogP contribution < -0.4 is 4.90 Å². The van der Waals surface area contributed by atoms with Crippen LogP contribution in [0, 0.1) is 0 Å². The predicted molar refractivity (Wildman–Crippen MR) is 120 cm³/mol. The van der Waals surface area contributed by atoms with Crippen molar-refractivity contribution in [2.24, 2.45) is 4.99 Å². The summed E-state index contributed by atoms with van der Waals surface area (Å²) in [5.41, 5.74) is -3.32. The maximum absolute atomic E-state index is 13.3. The van der Waals surface area contributed by atoms with Crippen LogP contribution in [0.25, 0.3) is 0 Å². The van der Waals surface area contributed by atoms with Gasteiger partial charge in [-0.05, 0) is 38.0 Å². The zero-order chi connectivity index (χ0) is 23.7. The van der Waals surface area contributed by atoms with E-state index in [9.17, 15) is 31.1 Å². The number of carbonyl (C=O) groups is 1. The summed E-state index contributed by atoms with van der Waals surface area (Å²) in [5, 5.41) is 0.679. The Hall–Kier alpha value is -1.62. The molecule has 0 bridgehead atoms. The quantitative estimate of drug-likeness (QED) is 0.423. The molecule has 1 saturated carbocycles. The van der Waals surface area contributed by atoms with Crippen molar-refractivity contribution in [2.45, 2.75) is 70.5 Å². The molecular weight excluding hydrogens is 492 g/mol. The van der Waals surface area contributed by atoms with E-state index >= 15 is 0 Å². The number of amides is 1. The third-order valence-electron chi connectivity index (χ3n) is 5.66. The molecule has 3 rings (SSSR count). The van der Waals surface area contributed by atoms with Gasteiger partial charge in [-0.3, -0.25) is 14.7 Å². The number of hydrogen-bond donors (Lipinski definition) is 0. The number of benzene rings is 1. The topological polar surface area (TPSA) is 35.9 Å². The van der Waals surface area contributed by atoms with Crippen LogP contribution in [0.1, 0.15) is 57.1 Å². The first-order valence-corrected chi connectivity index (χ1v) is 11.5. The van der Waals surface area contributed by atoms with Crippen molar-refractivity contribution in [3.8, 4) is 0 Å². The van der Waals surface area contributed by atoms with Crippen molar-refractivity contribution < 1.29 is 31.1 Å². The lowest BCUT2D eigenvalue weighted by molar-refractivity contribution is -0.143. The number of hydrogen-bond acceptors (Lipinski definition) is 3. The number of amidine groups is 1. The smallest absolute Gasteiger partial charge is 0.330 e. The fourth-order valence-corrected chi connectivity index (χ4v) is 5.40. The summed E-state index contributed by atoms with van der Waals surface area (Å²) < 4.78 is 80.0. The van der Waals surface area contributed by atoms with Crippen LogP contribution in [0.4, 0.5) is 32.0 Å². The molecule has 1 aliphatic heterocycles. The number of nitrogens with zero attached hydrogens (tertiary/aromatic N) is 3. The molecule has 33 heavy (non-hydrogen) atoms. The molecule has 1 saturated heterocycles. The second-order valence-corrected chi connectivity index (χ2v) is 8.92. The average molecular weight is 518 g/mol. The van der Waals surface area contributed by atoms with Crippen LogP contribution in [0.5, 0.6) is 0 Å². The van der Waals surface area contributed by atoms with Gasteiger partial charge in [-0.15, -0.1) is 12.4 Å². The van der Waals surface area contributed by atoms with Gasteiger partial charge < -0.3 is 4.90 Å². The molecule has 1 aromatic rings. The van der Waals surface area contributed by atoms with Gasteiger partial charge in [-0.2, -0.15) is 26.3 Å². The molecule has 1 aromatic carbocycles. The van der Waals surface area contributed by atoms with Crippen LogP contribution in [0.15, 0.2) is 23.2 Å². The Labute approximate surface area is 199 Å². The Morgan fingerprint density at radius 1 is 1.06 bits per heavy atom. The summed E-state index contributed by atoms with van der Waals surface area (Å²) in [7, 11) is 0. The van der Waals surface area contributed by atoms with Crippen molar-refractivity contribution in [3.63, 3.8) is 0 Å². The Kier molecular flexibility index (Phi) is 9.00. The van der Waals surface area contributed by atoms with Gasteiger partial charge in [0.25, 0.3) is 0 Å². The van der Waals surface area contributed by atoms with Crippen LogP contribution in [-0.4, -0.2) is 40.5 Å². The molecule has 186 valence electrons. The summed E-state index contributed by atoms with van der Waals surface area (Å²) in [6, 6.07) is 1.42. The van der Waals surface area contributed by atoms with E-state index in [1.165, 1.54) is 11.8 Å². The van der Waals surface area contributed by atoms with Gasteiger partial charge in [0, 0.05) is 24.9 Å². The fourth-order valence-electron chi connectivity index (χ4n) is 4.13. The number of alkyl halides is 6. The maximum atomic E-state index is 13.3. The van der Waals surface area contributed by atoms with Gasteiger partial charge in [0.15, 0.2) is 5.17 Å². The van der Waals surface area contributed by atoms with E-state index in [0.29, 0.717) is 29.6 Å². The van der Waals surface area contributed by atoms with Crippen molar-refractivity contribution in [1.82, 2.24) is 4.90 Å². The van der Waals surface area contributed by atoms with E-state index in [1.807, 2.05) is 6.92 Å². The zero-order valence-electron chi connectivity index (χ0n) is 18.2. The maximum Gasteiger partial charge on any atom is 0.416 e. The molecular formula is C21H26ClF6N3OS. The van der Waals surface area contributed by atoms with Crippen LogP contribution >= 0.6 is 24.2 Å². The molecule has 1 unspecified atom stereocenters. The molecule has 0 aromatic heterocycles. The number of halogens is 7. The van der Waals surface area contributed by atoms with E-state index in [1.54, 1.807) is 4.90 Å². The first-order chi connectivity index (χ1) is 14.9. The highest BCUT2D eigenvalue weighted by Crippen LogP contribution is 2.40. The van der Waals surface area contributed by atoms with Crippen molar-refractivity contribution in [2.75, 3.05) is 17.2 Å². The average Bonchev–Trinajstić information content (AvgIpc) is 3.09. The van der Waals surface area contributed by atoms with E-state index < -0.39 is 41.2 Å². The molecule has 0 spiro atoms. The Morgan fingerprint density at radius 2 is 1.61 bits per heavy atom. The predicted octanol–water partition coefficient (Wildman–Crippen LogP) is 6.58. The Morgan fingerprint density at radius 3 is 2.06 bits per heavy atom. The Bertz CT molecular complexity index is 838. The van der Waals surface area contributed by atoms with Crippen molar-refractivity contribution in [1.29, 1.82) is 0 Å². The molecule has 0 N–H and O–H groups in total. The van der Waals surface area contributed by atoms with Crippen LogP contribution in [-0.2, 0) is 17.1 Å². The molecule has 2 fully saturated rings. The third-order valence-corrected chi connectivity index (χ3v) is 6.73. The van der Waals surface area contributed by atoms with E-state index in [4.69, 9.17) is 4.99 Å². The van der Waals surface area contributed by atoms with Crippen molar-refractivity contribution in [3.05, 3.63) is 29.3 Å². The number of rotatable bonds is 4. The summed E-state index contributed by atoms with van der Waals surface area (Å²) in [5.74, 6) is -0.336. The lowest BCUT2D eigenvalue weighted by atomic mass is 9.96. The van der Waals surface area contributed by atoms with Crippen LogP contribution in [0.2, 0.25) is 0 Å². The van der Waals surface area contributed by atoms with Gasteiger partial charge in [-0.25, -0.2) is 0 Å². The standard InChI is InChI=1S/C21H25F6N3OS.ClH/c1-3-29-18(12-32-19(29)28-16-7-5-4-6-8-16)30(13(2)31)17-10-14(20(22,23)24)9-15(11-17)21(25,26)27;/h9-11,16,18H,3-8,12H2,1-2H3;1H. The third kappa shape index (κ3) is 6.49. The summed E-state index contributed by atoms with van der Waals surface area (Å²) >= 11 is 1.37. The lowest BCUT2D eigenvalue weighted by Crippen LogP contribution is -2.50. The van der Waals surface area contributed by atoms with Gasteiger partial charge in [0.1, 0.15) is 6.17 Å². The fraction of sp³-hybridized carbons (Fsp3) is 0.619. The van der Waals surface area contributed by atoms with Crippen molar-refractivity contribution >= 4 is 40.9 Å². The molecule has 4 nitrogen and oxygen atoms in total. The van der Waals surface area contributed by atoms with Crippen LogP contribution in [0.3, 0.4) is 0 Å². The second kappa shape index (κ2) is 10.8. The molecule has 1 atom stereocenters. The molecule has 1 amide bonds. The number of anilines is 1. The Balaban J connectivity index is 0.00000385. The SMILES string of the molecule is CCN1C(=NC2CCCCC2)SCC1N(C(C)=O)c1cc(C(F)(F)F)cc(C(F)(F)F)c1.Cl. The number of carbonyl (C=O) groups excluding carboxylic acids is 1. The van der Waals surface area contributed by atoms with Gasteiger partial charge in [0.2, 0.25) is 5.91 Å². The minimum Gasteiger partial charge on any atom is -0.330 e. The van der Waals surface area contributed by atoms with Gasteiger partial charge in [-0.1, -0.05) is 31.0 Å². The highest BCUT2D eigenvalue weighted by Gasteiger charge is 2.41. The molecule has 1 heterocycles. The summed E-state index contributed by atoms with van der Waals surface area (Å²) in [6.45, 7) is 3.38. The number of aliphatic imine (C=N–C) groups is 1. The first kappa shape index (κ1) is 27.6. The zero-order valence-corrected chi connectivity index (χ0v) is 19.8. The molecule has 1 aliphatic carbocycles. The minimum atomic E-state index is -4.99. The second-order valence-electron chi connectivity index (χ2n) is 7.93. The monoisotopic (exact) mass is 517 g/mol. The minimum absolute atomic E-state index is 0. The molecule has 0 radical (unpaired) electrons. The first-order valence-electron chi connectivity index (χ1n) is 10.5. The largest absolute Gasteiger partial charge is 0.416 e. The normalized spacial score (nSPS) is 21.3. The molecule has 12 heteroatoms. The summed E-state index contributed by atoms with van der Waals surface area (Å²) in [4.78, 5) is 20.1. The lowest BCUT2D eigenvalue weighted by Gasteiger charge is -2.35. The van der Waals surface area contributed by atoms with E-state index in [0.717, 1.165) is 43.9 Å². The van der Waals surface area contributed by atoms with Gasteiger partial charge >= 0.3 is 12.4 Å².